The van der Waals surface area contributed by atoms with Gasteiger partial charge in [0.25, 0.3) is 0 Å². The molecule has 2 aliphatic heterocycles. The van der Waals surface area contributed by atoms with Crippen LogP contribution >= 0.6 is 0 Å². The number of benzene rings is 2. The predicted molar refractivity (Wildman–Crippen MR) is 161 cm³/mol. The molecule has 10 heteroatoms. The molecule has 0 bridgehead atoms. The lowest BCUT2D eigenvalue weighted by Gasteiger charge is -2.40. The molecular weight excluding hydrogens is 542 g/mol. The number of alkyl carbamates (subject to hydrolysis) is 1. The van der Waals surface area contributed by atoms with Gasteiger partial charge in [0.15, 0.2) is 0 Å². The van der Waals surface area contributed by atoms with Crippen molar-refractivity contribution in [3.8, 4) is 0 Å². The van der Waals surface area contributed by atoms with Crippen LogP contribution in [0.2, 0.25) is 0 Å². The monoisotopic (exact) mass is 587 g/mol. The summed E-state index contributed by atoms with van der Waals surface area (Å²) in [6.07, 6.45) is 3.03. The molecule has 1 N–H and O–H groups in total. The Labute approximate surface area is 245 Å². The maximum absolute atomic E-state index is 13.6. The number of carbonyl (C=O) groups excluding carboxylic acids is 2. The highest BCUT2D eigenvalue weighted by Gasteiger charge is 2.47. The summed E-state index contributed by atoms with van der Waals surface area (Å²) in [5, 5.41) is 2.70. The molecule has 1 unspecified atom stereocenters. The minimum atomic E-state index is -3.42. The summed E-state index contributed by atoms with van der Waals surface area (Å²) in [4.78, 5) is 27.8. The number of rotatable bonds is 7. The van der Waals surface area contributed by atoms with Gasteiger partial charge in [0.05, 0.1) is 25.2 Å². The first-order chi connectivity index (χ1) is 19.3. The molecule has 2 heterocycles. The van der Waals surface area contributed by atoms with Crippen LogP contribution in [0.3, 0.4) is 0 Å². The second-order valence-corrected chi connectivity index (χ2v) is 13.7. The highest BCUT2D eigenvalue weighted by molar-refractivity contribution is 7.92. The smallest absolute Gasteiger partial charge is 0.408 e. The molecule has 0 aliphatic carbocycles. The van der Waals surface area contributed by atoms with Crippen LogP contribution in [-0.2, 0) is 36.3 Å². The molecule has 9 nitrogen and oxygen atoms in total. The van der Waals surface area contributed by atoms with Gasteiger partial charge in [-0.1, -0.05) is 68.8 Å². The number of ether oxygens (including phenoxy) is 2. The Balaban J connectivity index is 0.00000147. The SMILES string of the molecule is CC(C)(C)OC(=O)NC(COCc1ccccc1)C(=O)N1CCC2(CC1)CN(S(C)(=O)=O)c1ccccc12.CCC. The summed E-state index contributed by atoms with van der Waals surface area (Å²) in [6, 6.07) is 16.3. The van der Waals surface area contributed by atoms with E-state index >= 15 is 0 Å². The molecule has 2 aromatic carbocycles. The maximum atomic E-state index is 13.6. The fourth-order valence-electron chi connectivity index (χ4n) is 5.18. The molecule has 0 radical (unpaired) electrons. The number of anilines is 1. The first kappa shape index (κ1) is 32.4. The van der Waals surface area contributed by atoms with Crippen molar-refractivity contribution in [2.45, 2.75) is 77.5 Å². The molecule has 0 aromatic heterocycles. The minimum absolute atomic E-state index is 0.000692. The second kappa shape index (κ2) is 13.7. The number of carbonyl (C=O) groups is 2. The van der Waals surface area contributed by atoms with Crippen LogP contribution in [0.5, 0.6) is 0 Å². The average Bonchev–Trinajstić information content (AvgIpc) is 3.23. The first-order valence-electron chi connectivity index (χ1n) is 14.3. The molecule has 1 spiro atoms. The molecule has 1 fully saturated rings. The topological polar surface area (TPSA) is 105 Å². The number of likely N-dealkylation sites (tertiary alicyclic amines) is 1. The fourth-order valence-corrected chi connectivity index (χ4v) is 6.18. The van der Waals surface area contributed by atoms with Crippen LogP contribution in [0.1, 0.15) is 65.0 Å². The molecule has 41 heavy (non-hydrogen) atoms. The number of sulfonamides is 1. The molecule has 2 aromatic rings. The number of nitrogens with zero attached hydrogens (tertiary/aromatic N) is 2. The van der Waals surface area contributed by atoms with E-state index in [1.54, 1.807) is 25.7 Å². The summed E-state index contributed by atoms with van der Waals surface area (Å²) in [6.45, 7) is 11.1. The van der Waals surface area contributed by atoms with Crippen LogP contribution in [0.4, 0.5) is 10.5 Å². The predicted octanol–water partition coefficient (Wildman–Crippen LogP) is 4.85. The Morgan fingerprint density at radius 3 is 2.17 bits per heavy atom. The lowest BCUT2D eigenvalue weighted by molar-refractivity contribution is -0.136. The molecule has 2 amide bonds. The standard InChI is InChI=1S/C28H37N3O6S.C3H8/c1-27(2,3)37-26(33)29-23(19-36-18-21-10-6-5-7-11-21)25(32)30-16-14-28(15-17-30)20-31(38(4,34)35)24-13-9-8-12-22(24)28;1-3-2/h5-13,23H,14-20H2,1-4H3,(H,29,33);3H2,1-2H3. The number of para-hydroxylation sites is 1. The normalized spacial score (nSPS) is 16.8. The van der Waals surface area contributed by atoms with Crippen LogP contribution in [0.25, 0.3) is 0 Å². The van der Waals surface area contributed by atoms with Gasteiger partial charge in [-0.25, -0.2) is 13.2 Å². The number of nitrogens with one attached hydrogen (secondary N) is 1. The summed E-state index contributed by atoms with van der Waals surface area (Å²) in [7, 11) is -3.42. The molecule has 226 valence electrons. The van der Waals surface area contributed by atoms with Gasteiger partial charge in [-0.3, -0.25) is 9.10 Å². The summed E-state index contributed by atoms with van der Waals surface area (Å²) in [5.41, 5.74) is 1.63. The van der Waals surface area contributed by atoms with Crippen molar-refractivity contribution in [1.82, 2.24) is 10.2 Å². The van der Waals surface area contributed by atoms with Crippen molar-refractivity contribution in [3.05, 3.63) is 65.7 Å². The lowest BCUT2D eigenvalue weighted by Crippen LogP contribution is -2.55. The highest BCUT2D eigenvalue weighted by atomic mass is 32.2. The average molecular weight is 588 g/mol. The van der Waals surface area contributed by atoms with Gasteiger partial charge >= 0.3 is 6.09 Å². The number of hydrogen-bond donors (Lipinski definition) is 1. The van der Waals surface area contributed by atoms with Gasteiger partial charge in [-0.15, -0.1) is 0 Å². The Morgan fingerprint density at radius 2 is 1.59 bits per heavy atom. The third kappa shape index (κ3) is 8.69. The van der Waals surface area contributed by atoms with Crippen molar-refractivity contribution in [2.24, 2.45) is 0 Å². The number of amides is 2. The molecular formula is C31H45N3O6S. The van der Waals surface area contributed by atoms with Crippen LogP contribution < -0.4 is 9.62 Å². The number of fused-ring (bicyclic) bond motifs is 2. The second-order valence-electron chi connectivity index (χ2n) is 11.8. The van der Waals surface area contributed by atoms with Gasteiger partial charge in [-0.2, -0.15) is 0 Å². The molecule has 0 saturated carbocycles. The molecule has 1 atom stereocenters. The number of hydrogen-bond acceptors (Lipinski definition) is 6. The lowest BCUT2D eigenvalue weighted by atomic mass is 9.74. The van der Waals surface area contributed by atoms with E-state index in [2.05, 4.69) is 19.2 Å². The quantitative estimate of drug-likeness (QED) is 0.497. The summed E-state index contributed by atoms with van der Waals surface area (Å²) < 4.78 is 37.7. The van der Waals surface area contributed by atoms with Crippen molar-refractivity contribution < 1.29 is 27.5 Å². The van der Waals surface area contributed by atoms with E-state index in [1.165, 1.54) is 17.0 Å². The van der Waals surface area contributed by atoms with E-state index in [4.69, 9.17) is 9.47 Å². The zero-order chi connectivity index (χ0) is 30.3. The van der Waals surface area contributed by atoms with E-state index in [9.17, 15) is 18.0 Å². The van der Waals surface area contributed by atoms with E-state index in [-0.39, 0.29) is 17.9 Å². The van der Waals surface area contributed by atoms with Crippen molar-refractivity contribution in [3.63, 3.8) is 0 Å². The highest BCUT2D eigenvalue weighted by Crippen LogP contribution is 2.47. The van der Waals surface area contributed by atoms with E-state index in [0.717, 1.165) is 11.1 Å². The molecule has 2 aliphatic rings. The van der Waals surface area contributed by atoms with Gasteiger partial charge in [-0.05, 0) is 50.8 Å². The minimum Gasteiger partial charge on any atom is -0.444 e. The van der Waals surface area contributed by atoms with Crippen LogP contribution in [0, 0.1) is 0 Å². The van der Waals surface area contributed by atoms with Gasteiger partial charge in [0, 0.05) is 25.0 Å². The van der Waals surface area contributed by atoms with Crippen molar-refractivity contribution in [2.75, 3.05) is 36.8 Å². The van der Waals surface area contributed by atoms with Gasteiger partial charge in [0.2, 0.25) is 15.9 Å². The van der Waals surface area contributed by atoms with E-state index in [1.807, 2.05) is 54.6 Å². The largest absolute Gasteiger partial charge is 0.444 e. The first-order valence-corrected chi connectivity index (χ1v) is 16.1. The van der Waals surface area contributed by atoms with E-state index < -0.39 is 27.8 Å². The molecule has 4 rings (SSSR count). The summed E-state index contributed by atoms with van der Waals surface area (Å²) in [5.74, 6) is -0.245. The number of piperidine rings is 1. The molecule has 1 saturated heterocycles. The third-order valence-electron chi connectivity index (χ3n) is 7.01. The van der Waals surface area contributed by atoms with Crippen molar-refractivity contribution >= 4 is 27.7 Å². The Morgan fingerprint density at radius 1 is 1.00 bits per heavy atom. The zero-order valence-electron chi connectivity index (χ0n) is 25.2. The van der Waals surface area contributed by atoms with E-state index in [0.29, 0.717) is 44.8 Å². The van der Waals surface area contributed by atoms with Crippen LogP contribution in [-0.4, -0.2) is 69.5 Å². The Kier molecular flexibility index (Phi) is 10.8. The van der Waals surface area contributed by atoms with Crippen LogP contribution in [0.15, 0.2) is 54.6 Å². The van der Waals surface area contributed by atoms with Gasteiger partial charge in [0.1, 0.15) is 11.6 Å². The third-order valence-corrected chi connectivity index (χ3v) is 8.13. The Hall–Kier alpha value is -3.11. The fraction of sp³-hybridized carbons (Fsp3) is 0.548. The van der Waals surface area contributed by atoms with Gasteiger partial charge < -0.3 is 19.7 Å². The van der Waals surface area contributed by atoms with Crippen molar-refractivity contribution in [1.29, 1.82) is 0 Å². The zero-order valence-corrected chi connectivity index (χ0v) is 26.0. The maximum Gasteiger partial charge on any atom is 0.408 e. The summed E-state index contributed by atoms with van der Waals surface area (Å²) >= 11 is 0. The Bertz CT molecular complexity index is 1270.